The minimum atomic E-state index is -0.647. The van der Waals surface area contributed by atoms with Gasteiger partial charge in [0.1, 0.15) is 17.0 Å². The van der Waals surface area contributed by atoms with Crippen molar-refractivity contribution in [1.29, 1.82) is 0 Å². The van der Waals surface area contributed by atoms with Crippen LogP contribution in [0.15, 0.2) is 34.9 Å². The van der Waals surface area contributed by atoms with Crippen molar-refractivity contribution in [2.45, 2.75) is 0 Å². The molecule has 0 atom stereocenters. The predicted octanol–water partition coefficient (Wildman–Crippen LogP) is 1.28. The largest absolute Gasteiger partial charge is 0.506 e. The molecule has 21 heavy (non-hydrogen) atoms. The molecule has 1 aliphatic rings. The maximum atomic E-state index is 11.9. The summed E-state index contributed by atoms with van der Waals surface area (Å²) >= 11 is 5.09. The van der Waals surface area contributed by atoms with Crippen LogP contribution >= 0.6 is 12.2 Å². The Morgan fingerprint density at radius 3 is 2.57 bits per heavy atom. The first-order valence-electron chi connectivity index (χ1n) is 6.17. The Morgan fingerprint density at radius 1 is 1.38 bits per heavy atom. The van der Waals surface area contributed by atoms with E-state index in [1.165, 1.54) is 12.1 Å². The molecule has 1 aromatic rings. The molecule has 0 heterocycles. The first-order chi connectivity index (χ1) is 10.0. The lowest BCUT2D eigenvalue weighted by molar-refractivity contribution is -0.135. The molecule has 0 aromatic heterocycles. The van der Waals surface area contributed by atoms with E-state index in [9.17, 15) is 9.90 Å². The molecule has 0 bridgehead atoms. The van der Waals surface area contributed by atoms with Gasteiger partial charge in [0.2, 0.25) is 0 Å². The average molecular weight is 305 g/mol. The van der Waals surface area contributed by atoms with Gasteiger partial charge in [0, 0.05) is 25.2 Å². The number of hydrazone groups is 1. The Labute approximate surface area is 127 Å². The summed E-state index contributed by atoms with van der Waals surface area (Å²) in [5, 5.41) is 19.2. The van der Waals surface area contributed by atoms with Crippen LogP contribution in [0.3, 0.4) is 0 Å². The molecule has 0 unspecified atom stereocenters. The molecule has 0 saturated carbocycles. The number of aliphatic hydroxyl groups is 1. The lowest BCUT2D eigenvalue weighted by Gasteiger charge is -2.15. The maximum absolute atomic E-state index is 11.9. The van der Waals surface area contributed by atoms with Crippen molar-refractivity contribution in [2.24, 2.45) is 5.10 Å². The normalized spacial score (nSPS) is 14.9. The Balaban J connectivity index is 2.58. The van der Waals surface area contributed by atoms with Crippen molar-refractivity contribution in [3.8, 4) is 0 Å². The van der Waals surface area contributed by atoms with Gasteiger partial charge in [-0.15, -0.1) is 0 Å². The van der Waals surface area contributed by atoms with Crippen LogP contribution < -0.4 is 5.32 Å². The van der Waals surface area contributed by atoms with E-state index in [0.717, 1.165) is 0 Å². The summed E-state index contributed by atoms with van der Waals surface area (Å²) in [6.07, 6.45) is 0. The van der Waals surface area contributed by atoms with Gasteiger partial charge in [-0.25, -0.2) is 9.80 Å². The summed E-state index contributed by atoms with van der Waals surface area (Å²) < 4.78 is 4.73. The Morgan fingerprint density at radius 2 is 2.00 bits per heavy atom. The summed E-state index contributed by atoms with van der Waals surface area (Å²) in [4.78, 5) is 11.9. The van der Waals surface area contributed by atoms with Crippen LogP contribution in [0.4, 0.5) is 0 Å². The van der Waals surface area contributed by atoms with Gasteiger partial charge >= 0.3 is 5.97 Å². The average Bonchev–Trinajstić information content (AvgIpc) is 2.78. The number of methoxy groups -OCH3 is 1. The van der Waals surface area contributed by atoms with E-state index >= 15 is 0 Å². The summed E-state index contributed by atoms with van der Waals surface area (Å²) in [5.41, 5.74) is 1.56. The highest BCUT2D eigenvalue weighted by molar-refractivity contribution is 7.80. The van der Waals surface area contributed by atoms with Gasteiger partial charge in [-0.1, -0.05) is 24.3 Å². The number of carbonyl (C=O) groups excluding carboxylic acids is 1. The third-order valence-corrected chi connectivity index (χ3v) is 3.53. The summed E-state index contributed by atoms with van der Waals surface area (Å²) in [6, 6.07) is 7.07. The zero-order chi connectivity index (χ0) is 15.6. The molecule has 2 N–H and O–H groups in total. The maximum Gasteiger partial charge on any atom is 0.343 e. The number of nitrogens with zero attached hydrogens (tertiary/aromatic N) is 2. The highest BCUT2D eigenvalue weighted by atomic mass is 32.1. The second kappa shape index (κ2) is 5.92. The van der Waals surface area contributed by atoms with Crippen LogP contribution in [-0.2, 0) is 9.53 Å². The lowest BCUT2D eigenvalue weighted by Crippen LogP contribution is -2.32. The van der Waals surface area contributed by atoms with Gasteiger partial charge in [-0.05, 0) is 12.2 Å². The molecule has 1 aromatic carbocycles. The van der Waals surface area contributed by atoms with E-state index in [1.807, 2.05) is 0 Å². The van der Waals surface area contributed by atoms with Crippen molar-refractivity contribution in [1.82, 2.24) is 10.3 Å². The highest BCUT2D eigenvalue weighted by Gasteiger charge is 2.33. The highest BCUT2D eigenvalue weighted by Crippen LogP contribution is 2.32. The minimum Gasteiger partial charge on any atom is -0.506 e. The quantitative estimate of drug-likeness (QED) is 0.487. The molecule has 110 valence electrons. The molecule has 0 radical (unpaired) electrons. The van der Waals surface area contributed by atoms with Crippen LogP contribution in [0, 0.1) is 0 Å². The number of esters is 1. The number of benzene rings is 1. The Kier molecular flexibility index (Phi) is 4.23. The van der Waals surface area contributed by atoms with Crippen molar-refractivity contribution in [2.75, 3.05) is 21.2 Å². The van der Waals surface area contributed by atoms with E-state index < -0.39 is 5.97 Å². The van der Waals surface area contributed by atoms with E-state index in [4.69, 9.17) is 17.0 Å². The predicted molar refractivity (Wildman–Crippen MR) is 84.0 cm³/mol. The number of ether oxygens (including phenoxy) is 1. The van der Waals surface area contributed by atoms with E-state index in [2.05, 4.69) is 10.4 Å². The van der Waals surface area contributed by atoms with Crippen LogP contribution in [0.1, 0.15) is 11.1 Å². The third kappa shape index (κ3) is 2.59. The molecule has 7 heteroatoms. The zero-order valence-corrected chi connectivity index (χ0v) is 12.7. The number of aliphatic hydroxyl groups excluding tert-OH is 1. The summed E-state index contributed by atoms with van der Waals surface area (Å²) in [7, 11) is 4.58. The number of nitrogens with one attached hydrogen (secondary N) is 1. The van der Waals surface area contributed by atoms with Gasteiger partial charge in [-0.2, -0.15) is 5.10 Å². The first kappa shape index (κ1) is 15.0. The van der Waals surface area contributed by atoms with Crippen LogP contribution in [0.2, 0.25) is 0 Å². The smallest absolute Gasteiger partial charge is 0.343 e. The number of fused-ring (bicyclic) bond motifs is 1. The van der Waals surface area contributed by atoms with Gasteiger partial charge in [0.05, 0.1) is 7.11 Å². The molecule has 0 amide bonds. The molecule has 0 saturated heterocycles. The number of carbonyl (C=O) groups is 1. The fourth-order valence-electron chi connectivity index (χ4n) is 2.03. The number of hydrogen-bond donors (Lipinski definition) is 2. The van der Waals surface area contributed by atoms with Gasteiger partial charge < -0.3 is 15.2 Å². The van der Waals surface area contributed by atoms with Crippen LogP contribution in [-0.4, -0.2) is 48.1 Å². The van der Waals surface area contributed by atoms with Crippen LogP contribution in [0.25, 0.3) is 5.76 Å². The standard InChI is InChI=1S/C14H15N3O3S/c1-15-14(21)17(2)16-11-8-6-4-5-7-9(8)12(18)10(11)13(19)20-3/h4-7,18H,1-3H3,(H,15,21)/b16-11-. The molecule has 0 fully saturated rings. The second-order valence-electron chi connectivity index (χ2n) is 4.29. The van der Waals surface area contributed by atoms with Gasteiger partial charge in [-0.3, -0.25) is 0 Å². The number of thiocarbonyl (C=S) groups is 1. The third-order valence-electron chi connectivity index (χ3n) is 3.06. The molecular weight excluding hydrogens is 290 g/mol. The monoisotopic (exact) mass is 305 g/mol. The molecule has 1 aliphatic carbocycles. The zero-order valence-electron chi connectivity index (χ0n) is 11.9. The molecule has 0 aliphatic heterocycles. The van der Waals surface area contributed by atoms with E-state index in [0.29, 0.717) is 22.0 Å². The van der Waals surface area contributed by atoms with Crippen LogP contribution in [0.5, 0.6) is 0 Å². The Bertz CT molecular complexity index is 667. The SMILES string of the molecule is CNC(=S)N(C)/N=C1\C(C(=O)OC)=C(O)c2ccccc21. The Hall–Kier alpha value is -2.41. The number of hydrogen-bond acceptors (Lipinski definition) is 5. The van der Waals surface area contributed by atoms with E-state index in [-0.39, 0.29) is 11.3 Å². The second-order valence-corrected chi connectivity index (χ2v) is 4.67. The van der Waals surface area contributed by atoms with Crippen molar-refractivity contribution in [3.63, 3.8) is 0 Å². The fourth-order valence-corrected chi connectivity index (χ4v) is 2.07. The lowest BCUT2D eigenvalue weighted by atomic mass is 10.1. The molecule has 6 nitrogen and oxygen atoms in total. The fraction of sp³-hybridized carbons (Fsp3) is 0.214. The topological polar surface area (TPSA) is 74.2 Å². The van der Waals surface area contributed by atoms with Crippen molar-refractivity contribution in [3.05, 3.63) is 41.0 Å². The minimum absolute atomic E-state index is 0.0319. The molecule has 2 rings (SSSR count). The first-order valence-corrected chi connectivity index (χ1v) is 6.57. The summed E-state index contributed by atoms with van der Waals surface area (Å²) in [6.45, 7) is 0. The van der Waals surface area contributed by atoms with Gasteiger partial charge in [0.25, 0.3) is 0 Å². The molecular formula is C14H15N3O3S. The van der Waals surface area contributed by atoms with Gasteiger partial charge in [0.15, 0.2) is 5.11 Å². The van der Waals surface area contributed by atoms with E-state index in [1.54, 1.807) is 38.4 Å². The summed E-state index contributed by atoms with van der Waals surface area (Å²) in [5.74, 6) is -0.786. The number of rotatable bonds is 2. The van der Waals surface area contributed by atoms with Crippen molar-refractivity contribution >= 4 is 34.8 Å². The molecule has 0 spiro atoms. The van der Waals surface area contributed by atoms with Crippen molar-refractivity contribution < 1.29 is 14.6 Å².